The van der Waals surface area contributed by atoms with Crippen molar-refractivity contribution < 1.29 is 9.59 Å². The van der Waals surface area contributed by atoms with Crippen LogP contribution in [0.25, 0.3) is 0 Å². The minimum absolute atomic E-state index is 0.0324. The summed E-state index contributed by atoms with van der Waals surface area (Å²) in [6.07, 6.45) is 0.512. The first kappa shape index (κ1) is 22.3. The van der Waals surface area contributed by atoms with Crippen molar-refractivity contribution in [3.05, 3.63) is 71.8 Å². The topological polar surface area (TPSA) is 46.2 Å². The van der Waals surface area contributed by atoms with Crippen LogP contribution < -0.4 is 5.32 Å². The number of carbonyl (C=O) groups excluding carboxylic acids is 2. The second-order valence-electron chi connectivity index (χ2n) is 10.9. The first-order chi connectivity index (χ1) is 14.0. The molecule has 2 unspecified atom stereocenters. The smallest absolute Gasteiger partial charge is 0.224 e. The summed E-state index contributed by atoms with van der Waals surface area (Å²) < 4.78 is 0. The Balaban J connectivity index is 2.06. The van der Waals surface area contributed by atoms with Gasteiger partial charge in [-0.1, -0.05) is 81.4 Å². The van der Waals surface area contributed by atoms with E-state index >= 15 is 0 Å². The molecule has 2 aromatic carbocycles. The van der Waals surface area contributed by atoms with Crippen molar-refractivity contribution in [1.82, 2.24) is 5.32 Å². The molecule has 1 fully saturated rings. The van der Waals surface area contributed by atoms with Crippen LogP contribution in [0.1, 0.15) is 70.9 Å². The highest BCUT2D eigenvalue weighted by atomic mass is 16.2. The van der Waals surface area contributed by atoms with Crippen LogP contribution in [0.3, 0.4) is 0 Å². The third-order valence-corrected chi connectivity index (χ3v) is 5.79. The zero-order valence-corrected chi connectivity index (χ0v) is 19.1. The maximum Gasteiger partial charge on any atom is 0.224 e. The molecule has 3 nitrogen and oxygen atoms in total. The molecular formula is C27H35NO2. The average molecular weight is 406 g/mol. The number of benzene rings is 2. The lowest BCUT2D eigenvalue weighted by Crippen LogP contribution is -2.56. The zero-order valence-electron chi connectivity index (χ0n) is 19.1. The summed E-state index contributed by atoms with van der Waals surface area (Å²) in [6.45, 7) is 12.3. The summed E-state index contributed by atoms with van der Waals surface area (Å²) in [7, 11) is 0. The Kier molecular flexibility index (Phi) is 6.21. The Labute approximate surface area is 181 Å². The Hall–Kier alpha value is -2.42. The molecule has 3 rings (SSSR count). The first-order valence-corrected chi connectivity index (χ1v) is 10.9. The van der Waals surface area contributed by atoms with Gasteiger partial charge < -0.3 is 5.32 Å². The molecule has 1 N–H and O–H groups in total. The van der Waals surface area contributed by atoms with E-state index in [1.807, 2.05) is 57.2 Å². The Morgan fingerprint density at radius 1 is 0.733 bits per heavy atom. The molecule has 30 heavy (non-hydrogen) atoms. The SMILES string of the molecule is CC(C)(C)CC(=O)C1C(c2ccccc2)C(C(=O)NC(C)(C)C)C1c1ccccc1. The van der Waals surface area contributed by atoms with Crippen molar-refractivity contribution in [2.45, 2.75) is 65.3 Å². The van der Waals surface area contributed by atoms with Crippen LogP contribution >= 0.6 is 0 Å². The Morgan fingerprint density at radius 2 is 1.17 bits per heavy atom. The van der Waals surface area contributed by atoms with Crippen LogP contribution in [0, 0.1) is 17.3 Å². The molecule has 3 heteroatoms. The molecule has 1 aliphatic carbocycles. The molecule has 0 aromatic heterocycles. The summed E-state index contributed by atoms with van der Waals surface area (Å²) in [6, 6.07) is 20.2. The monoisotopic (exact) mass is 405 g/mol. The van der Waals surface area contributed by atoms with E-state index in [-0.39, 0.29) is 46.3 Å². The standard InChI is InChI=1S/C27H35NO2/c1-26(2,3)17-20(29)23-21(18-13-9-7-10-14-18)24(25(30)28-27(4,5)6)22(23)19-15-11-8-12-16-19/h7-16,21-24H,17H2,1-6H3,(H,28,30). The largest absolute Gasteiger partial charge is 0.351 e. The van der Waals surface area contributed by atoms with E-state index in [2.05, 4.69) is 50.4 Å². The van der Waals surface area contributed by atoms with Gasteiger partial charge in [-0.15, -0.1) is 0 Å². The number of rotatable bonds is 5. The van der Waals surface area contributed by atoms with Crippen LogP contribution in [-0.4, -0.2) is 17.2 Å². The second kappa shape index (κ2) is 8.37. The van der Waals surface area contributed by atoms with Gasteiger partial charge in [-0.2, -0.15) is 0 Å². The lowest BCUT2D eigenvalue weighted by atomic mass is 9.50. The van der Waals surface area contributed by atoms with Crippen LogP contribution in [0.5, 0.6) is 0 Å². The van der Waals surface area contributed by atoms with E-state index in [9.17, 15) is 9.59 Å². The lowest BCUT2D eigenvalue weighted by Gasteiger charge is -2.52. The molecular weight excluding hydrogens is 370 g/mol. The maximum atomic E-state index is 13.5. The lowest BCUT2D eigenvalue weighted by molar-refractivity contribution is -0.141. The maximum absolute atomic E-state index is 13.5. The predicted molar refractivity (Wildman–Crippen MR) is 122 cm³/mol. The highest BCUT2D eigenvalue weighted by molar-refractivity contribution is 5.91. The fourth-order valence-corrected chi connectivity index (χ4v) is 4.75. The predicted octanol–water partition coefficient (Wildman–Crippen LogP) is 5.72. The Morgan fingerprint density at radius 3 is 1.53 bits per heavy atom. The fourth-order valence-electron chi connectivity index (χ4n) is 4.75. The number of nitrogens with one attached hydrogen (secondary N) is 1. The number of ketones is 1. The summed E-state index contributed by atoms with van der Waals surface area (Å²) in [4.78, 5) is 27.0. The minimum atomic E-state index is -0.319. The molecule has 1 aliphatic rings. The molecule has 2 aromatic rings. The quantitative estimate of drug-likeness (QED) is 0.691. The molecule has 0 aliphatic heterocycles. The van der Waals surface area contributed by atoms with Crippen LogP contribution in [-0.2, 0) is 9.59 Å². The van der Waals surface area contributed by atoms with Gasteiger partial charge in [0.1, 0.15) is 5.78 Å². The van der Waals surface area contributed by atoms with Gasteiger partial charge in [-0.25, -0.2) is 0 Å². The number of hydrogen-bond donors (Lipinski definition) is 1. The van der Waals surface area contributed by atoms with E-state index < -0.39 is 0 Å². The molecule has 0 spiro atoms. The number of carbonyl (C=O) groups is 2. The van der Waals surface area contributed by atoms with Gasteiger partial charge in [0.15, 0.2) is 0 Å². The molecule has 160 valence electrons. The van der Waals surface area contributed by atoms with E-state index in [0.29, 0.717) is 6.42 Å². The molecule has 2 atom stereocenters. The average Bonchev–Trinajstić information content (AvgIpc) is 2.59. The molecule has 0 saturated heterocycles. The van der Waals surface area contributed by atoms with E-state index in [1.165, 1.54) is 0 Å². The van der Waals surface area contributed by atoms with Gasteiger partial charge >= 0.3 is 0 Å². The molecule has 1 amide bonds. The molecule has 1 saturated carbocycles. The van der Waals surface area contributed by atoms with Crippen molar-refractivity contribution in [1.29, 1.82) is 0 Å². The summed E-state index contributed by atoms with van der Waals surface area (Å²) in [5, 5.41) is 3.18. The third kappa shape index (κ3) is 5.00. The number of hydrogen-bond acceptors (Lipinski definition) is 2. The van der Waals surface area contributed by atoms with Crippen molar-refractivity contribution in [2.24, 2.45) is 17.3 Å². The zero-order chi connectivity index (χ0) is 22.1. The molecule has 0 heterocycles. The van der Waals surface area contributed by atoms with Crippen LogP contribution in [0.4, 0.5) is 0 Å². The highest BCUT2D eigenvalue weighted by Crippen LogP contribution is 2.58. The molecule has 0 radical (unpaired) electrons. The van der Waals surface area contributed by atoms with Gasteiger partial charge in [-0.3, -0.25) is 9.59 Å². The van der Waals surface area contributed by atoms with Crippen molar-refractivity contribution in [3.63, 3.8) is 0 Å². The van der Waals surface area contributed by atoms with Crippen molar-refractivity contribution in [3.8, 4) is 0 Å². The fraction of sp³-hybridized carbons (Fsp3) is 0.481. The van der Waals surface area contributed by atoms with E-state index in [0.717, 1.165) is 11.1 Å². The minimum Gasteiger partial charge on any atom is -0.351 e. The van der Waals surface area contributed by atoms with Gasteiger partial charge in [0.2, 0.25) is 5.91 Å². The van der Waals surface area contributed by atoms with Gasteiger partial charge in [0.25, 0.3) is 0 Å². The second-order valence-corrected chi connectivity index (χ2v) is 10.9. The summed E-state index contributed by atoms with van der Waals surface area (Å²) in [5.41, 5.74) is 1.75. The number of Topliss-reactive ketones (excluding diaryl/α,β-unsaturated/α-hetero) is 1. The Bertz CT molecular complexity index is 791. The van der Waals surface area contributed by atoms with Crippen LogP contribution in [0.2, 0.25) is 0 Å². The van der Waals surface area contributed by atoms with Gasteiger partial charge in [0.05, 0.1) is 5.92 Å². The first-order valence-electron chi connectivity index (χ1n) is 10.9. The summed E-state index contributed by atoms with van der Waals surface area (Å²) in [5.74, 6) is -0.370. The highest BCUT2D eigenvalue weighted by Gasteiger charge is 2.58. The normalized spacial score (nSPS) is 24.1. The van der Waals surface area contributed by atoms with E-state index in [4.69, 9.17) is 0 Å². The van der Waals surface area contributed by atoms with Crippen molar-refractivity contribution in [2.75, 3.05) is 0 Å². The number of amides is 1. The van der Waals surface area contributed by atoms with E-state index in [1.54, 1.807) is 0 Å². The van der Waals surface area contributed by atoms with Crippen molar-refractivity contribution >= 4 is 11.7 Å². The van der Waals surface area contributed by atoms with Gasteiger partial charge in [0, 0.05) is 29.7 Å². The summed E-state index contributed by atoms with van der Waals surface area (Å²) >= 11 is 0. The third-order valence-electron chi connectivity index (χ3n) is 5.79. The molecule has 0 bridgehead atoms. The van der Waals surface area contributed by atoms with Gasteiger partial charge in [-0.05, 0) is 37.3 Å². The van der Waals surface area contributed by atoms with Crippen LogP contribution in [0.15, 0.2) is 60.7 Å².